The van der Waals surface area contributed by atoms with Crippen LogP contribution < -0.4 is 11.0 Å². The van der Waals surface area contributed by atoms with E-state index in [2.05, 4.69) is 15.3 Å². The minimum atomic E-state index is -0.811. The molecule has 8 nitrogen and oxygen atoms in total. The molecule has 2 N–H and O–H groups in total. The van der Waals surface area contributed by atoms with Crippen LogP contribution in [0.15, 0.2) is 77.7 Å². The molecule has 0 radical (unpaired) electrons. The summed E-state index contributed by atoms with van der Waals surface area (Å²) in [5.41, 5.74) is 0.581. The molecule has 2 heterocycles. The first-order chi connectivity index (χ1) is 15.5. The Morgan fingerprint density at radius 2 is 1.69 bits per heavy atom. The molecule has 0 saturated carbocycles. The molecular weight excluding hydrogens is 430 g/mol. The second kappa shape index (κ2) is 11.7. The zero-order valence-electron chi connectivity index (χ0n) is 17.2. The van der Waals surface area contributed by atoms with E-state index in [1.54, 1.807) is 48.5 Å². The minimum Gasteiger partial charge on any atom is -0.461 e. The summed E-state index contributed by atoms with van der Waals surface area (Å²) in [6.07, 6.45) is 3.20. The summed E-state index contributed by atoms with van der Waals surface area (Å²) in [7, 11) is -0.811. The van der Waals surface area contributed by atoms with Crippen LogP contribution in [0, 0.1) is 0 Å². The fraction of sp³-hybridized carbons (Fsp3) is 0.217. The lowest BCUT2D eigenvalue weighted by atomic mass is 10.2. The minimum absolute atomic E-state index is 0.0349. The van der Waals surface area contributed by atoms with Gasteiger partial charge in [-0.2, -0.15) is 0 Å². The molecule has 1 aliphatic heterocycles. The third kappa shape index (κ3) is 6.98. The molecule has 2 atom stereocenters. The monoisotopic (exact) mass is 453 g/mol. The third-order valence-corrected chi connectivity index (χ3v) is 6.42. The van der Waals surface area contributed by atoms with Crippen LogP contribution in [0.25, 0.3) is 0 Å². The number of rotatable bonds is 5. The van der Waals surface area contributed by atoms with Crippen LogP contribution in [-0.4, -0.2) is 43.7 Å². The van der Waals surface area contributed by atoms with E-state index in [4.69, 9.17) is 4.74 Å². The van der Waals surface area contributed by atoms with Gasteiger partial charge in [-0.05, 0) is 43.2 Å². The number of H-pyrrole nitrogens is 1. The molecule has 0 spiro atoms. The van der Waals surface area contributed by atoms with Gasteiger partial charge < -0.3 is 10.1 Å². The first-order valence-electron chi connectivity index (χ1n) is 10.0. The highest BCUT2D eigenvalue weighted by atomic mass is 32.2. The van der Waals surface area contributed by atoms with Gasteiger partial charge in [-0.25, -0.2) is 14.6 Å². The van der Waals surface area contributed by atoms with Gasteiger partial charge in [0, 0.05) is 28.3 Å². The van der Waals surface area contributed by atoms with Crippen LogP contribution in [0.2, 0.25) is 0 Å². The van der Waals surface area contributed by atoms with Crippen LogP contribution >= 0.6 is 0 Å². The Kier molecular flexibility index (Phi) is 8.44. The van der Waals surface area contributed by atoms with Gasteiger partial charge in [0.2, 0.25) is 0 Å². The fourth-order valence-corrected chi connectivity index (χ4v) is 4.40. The first-order valence-corrected chi connectivity index (χ1v) is 11.4. The van der Waals surface area contributed by atoms with Gasteiger partial charge in [-0.3, -0.25) is 14.0 Å². The number of hydrogen-bond acceptors (Lipinski definition) is 6. The average Bonchev–Trinajstić information content (AvgIpc) is 3.23. The lowest BCUT2D eigenvalue weighted by Gasteiger charge is -2.09. The van der Waals surface area contributed by atoms with Crippen molar-refractivity contribution in [2.24, 2.45) is 0 Å². The van der Waals surface area contributed by atoms with E-state index in [1.807, 2.05) is 12.1 Å². The highest BCUT2D eigenvalue weighted by molar-refractivity contribution is 7.85. The van der Waals surface area contributed by atoms with Crippen molar-refractivity contribution >= 4 is 28.5 Å². The van der Waals surface area contributed by atoms with Gasteiger partial charge in [0.05, 0.1) is 10.8 Å². The van der Waals surface area contributed by atoms with E-state index in [0.717, 1.165) is 18.6 Å². The number of anilines is 1. The number of nitrogens with one attached hydrogen (secondary N) is 2. The maximum Gasteiger partial charge on any atom is 0.346 e. The average molecular weight is 454 g/mol. The number of hydrogen-bond donors (Lipinski definition) is 2. The Morgan fingerprint density at radius 1 is 1.03 bits per heavy atom. The topological polar surface area (TPSA) is 118 Å². The van der Waals surface area contributed by atoms with Crippen LogP contribution in [0.4, 0.5) is 5.82 Å². The van der Waals surface area contributed by atoms with Gasteiger partial charge in [-0.15, -0.1) is 0 Å². The SMILES string of the molecule is O=C(Nc1ccnc(=O)[nH]1)c1ccccc1.O=C(OC[C@@H]1CCCS1=O)c1ccccc1. The van der Waals surface area contributed by atoms with Gasteiger partial charge in [0.1, 0.15) is 12.4 Å². The molecule has 1 fully saturated rings. The van der Waals surface area contributed by atoms with Gasteiger partial charge in [0.15, 0.2) is 0 Å². The summed E-state index contributed by atoms with van der Waals surface area (Å²) < 4.78 is 16.6. The molecule has 1 aliphatic rings. The van der Waals surface area contributed by atoms with Crippen molar-refractivity contribution in [2.75, 3.05) is 17.7 Å². The maximum absolute atomic E-state index is 11.7. The Labute approximate surface area is 187 Å². The summed E-state index contributed by atoms with van der Waals surface area (Å²) in [5.74, 6) is 0.467. The molecule has 2 aromatic carbocycles. The standard InChI is InChI=1S/C12H14O3S.C11H9N3O2/c13-12(10-5-2-1-3-6-10)15-9-11-7-4-8-16(11)14;15-10(8-4-2-1-3-5-8)13-9-6-7-12-11(16)14-9/h1-3,5-6,11H,4,7-9H2;1-7H,(H2,12,13,14,15,16)/t11-,16?;/m0./s1. The zero-order valence-corrected chi connectivity index (χ0v) is 18.0. The lowest BCUT2D eigenvalue weighted by molar-refractivity contribution is 0.0505. The first kappa shape index (κ1) is 23.1. The molecule has 1 aromatic heterocycles. The van der Waals surface area contributed by atoms with E-state index in [0.29, 0.717) is 16.9 Å². The van der Waals surface area contributed by atoms with E-state index < -0.39 is 16.5 Å². The lowest BCUT2D eigenvalue weighted by Crippen LogP contribution is -2.19. The Bertz CT molecular complexity index is 1120. The summed E-state index contributed by atoms with van der Waals surface area (Å²) in [6, 6.07) is 19.1. The largest absolute Gasteiger partial charge is 0.461 e. The quantitative estimate of drug-likeness (QED) is 0.574. The molecule has 3 aromatic rings. The summed E-state index contributed by atoms with van der Waals surface area (Å²) >= 11 is 0. The molecule has 1 amide bonds. The summed E-state index contributed by atoms with van der Waals surface area (Å²) in [5, 5.41) is 2.60. The van der Waals surface area contributed by atoms with Crippen molar-refractivity contribution in [1.29, 1.82) is 0 Å². The number of aromatic nitrogens is 2. The number of carbonyl (C=O) groups is 2. The Morgan fingerprint density at radius 3 is 2.28 bits per heavy atom. The molecule has 1 unspecified atom stereocenters. The van der Waals surface area contributed by atoms with Crippen LogP contribution in [-0.2, 0) is 15.5 Å². The van der Waals surface area contributed by atoms with Crippen molar-refractivity contribution in [3.63, 3.8) is 0 Å². The van der Waals surface area contributed by atoms with Crippen molar-refractivity contribution in [3.05, 3.63) is 94.5 Å². The molecular formula is C23H23N3O5S. The fourth-order valence-electron chi connectivity index (χ4n) is 2.96. The Balaban J connectivity index is 0.000000181. The Hall–Kier alpha value is -3.59. The number of esters is 1. The number of carbonyl (C=O) groups excluding carboxylic acids is 2. The molecule has 1 saturated heterocycles. The second-order valence-corrected chi connectivity index (χ2v) is 8.76. The van der Waals surface area contributed by atoms with Crippen molar-refractivity contribution in [3.8, 4) is 0 Å². The predicted molar refractivity (Wildman–Crippen MR) is 122 cm³/mol. The number of amides is 1. The van der Waals surface area contributed by atoms with Crippen molar-refractivity contribution < 1.29 is 18.5 Å². The van der Waals surface area contributed by atoms with Gasteiger partial charge in [-0.1, -0.05) is 36.4 Å². The summed E-state index contributed by atoms with van der Waals surface area (Å²) in [4.78, 5) is 40.0. The third-order valence-electron chi connectivity index (χ3n) is 4.61. The maximum atomic E-state index is 11.7. The number of ether oxygens (including phenoxy) is 1. The second-order valence-electron chi connectivity index (χ2n) is 6.92. The molecule has 9 heteroatoms. The highest BCUT2D eigenvalue weighted by Crippen LogP contribution is 2.16. The van der Waals surface area contributed by atoms with Crippen molar-refractivity contribution in [2.45, 2.75) is 18.1 Å². The molecule has 4 rings (SSSR count). The number of aromatic amines is 1. The number of benzene rings is 2. The van der Waals surface area contributed by atoms with E-state index in [-0.39, 0.29) is 23.7 Å². The smallest absolute Gasteiger partial charge is 0.346 e. The van der Waals surface area contributed by atoms with E-state index >= 15 is 0 Å². The van der Waals surface area contributed by atoms with Crippen LogP contribution in [0.1, 0.15) is 33.6 Å². The zero-order chi connectivity index (χ0) is 22.8. The van der Waals surface area contributed by atoms with E-state index in [1.165, 1.54) is 12.3 Å². The van der Waals surface area contributed by atoms with Gasteiger partial charge in [0.25, 0.3) is 5.91 Å². The highest BCUT2D eigenvalue weighted by Gasteiger charge is 2.24. The normalized spacial score (nSPS) is 17.0. The predicted octanol–water partition coefficient (Wildman–Crippen LogP) is 2.78. The van der Waals surface area contributed by atoms with Crippen LogP contribution in [0.3, 0.4) is 0 Å². The summed E-state index contributed by atoms with van der Waals surface area (Å²) in [6.45, 7) is 0.278. The molecule has 0 bridgehead atoms. The van der Waals surface area contributed by atoms with Gasteiger partial charge >= 0.3 is 11.7 Å². The molecule has 0 aliphatic carbocycles. The van der Waals surface area contributed by atoms with Crippen LogP contribution in [0.5, 0.6) is 0 Å². The number of nitrogens with zero attached hydrogens (tertiary/aromatic N) is 1. The molecule has 166 valence electrons. The van der Waals surface area contributed by atoms with E-state index in [9.17, 15) is 18.6 Å². The van der Waals surface area contributed by atoms with Crippen molar-refractivity contribution in [1.82, 2.24) is 9.97 Å². The molecule has 32 heavy (non-hydrogen) atoms.